The zero-order valence-electron chi connectivity index (χ0n) is 19.5. The molecule has 0 fully saturated rings. The Morgan fingerprint density at radius 2 is 1.22 bits per heavy atom. The van der Waals surface area contributed by atoms with Crippen LogP contribution in [-0.2, 0) is 0 Å². The van der Waals surface area contributed by atoms with E-state index in [1.165, 1.54) is 38.5 Å². The zero-order valence-corrected chi connectivity index (χ0v) is 19.5. The van der Waals surface area contributed by atoms with Crippen LogP contribution in [0.3, 0.4) is 0 Å². The number of hydrogen-bond donors (Lipinski definition) is 0. The van der Waals surface area contributed by atoms with Crippen molar-refractivity contribution in [2.75, 3.05) is 13.2 Å². The van der Waals surface area contributed by atoms with Crippen LogP contribution in [0.2, 0.25) is 0 Å². The van der Waals surface area contributed by atoms with E-state index in [1.54, 1.807) is 24.3 Å². The Kier molecular flexibility index (Phi) is 12.7. The molecule has 0 amide bonds. The van der Waals surface area contributed by atoms with Crippen molar-refractivity contribution in [3.05, 3.63) is 66.7 Å². The lowest BCUT2D eigenvalue weighted by Gasteiger charge is -2.09. The predicted molar refractivity (Wildman–Crippen MR) is 131 cm³/mol. The van der Waals surface area contributed by atoms with Crippen LogP contribution < -0.4 is 14.2 Å². The summed E-state index contributed by atoms with van der Waals surface area (Å²) in [4.78, 5) is 12.4. The molecule has 0 spiro atoms. The van der Waals surface area contributed by atoms with Crippen LogP contribution in [0.1, 0.15) is 81.5 Å². The van der Waals surface area contributed by atoms with Gasteiger partial charge in [0.25, 0.3) is 0 Å². The molecule has 32 heavy (non-hydrogen) atoms. The number of carbonyl (C=O) groups excluding carboxylic acids is 1. The molecule has 0 radical (unpaired) electrons. The number of allylic oxidation sites excluding steroid dienone is 1. The van der Waals surface area contributed by atoms with Gasteiger partial charge in [-0.1, -0.05) is 51.5 Å². The third kappa shape index (κ3) is 10.5. The SMILES string of the molecule is C=CCCCCCCOc1ccc(OC(=O)c2ccc(OCCCCCCC)cc2)cc1. The van der Waals surface area contributed by atoms with E-state index in [-0.39, 0.29) is 5.97 Å². The van der Waals surface area contributed by atoms with Crippen molar-refractivity contribution in [2.24, 2.45) is 0 Å². The summed E-state index contributed by atoms with van der Waals surface area (Å²) < 4.78 is 17.0. The first-order chi connectivity index (χ1) is 15.7. The molecule has 0 aliphatic heterocycles. The molecule has 0 saturated heterocycles. The molecule has 4 heteroatoms. The van der Waals surface area contributed by atoms with Gasteiger partial charge in [-0.3, -0.25) is 0 Å². The normalized spacial score (nSPS) is 10.5. The minimum absolute atomic E-state index is 0.385. The summed E-state index contributed by atoms with van der Waals surface area (Å²) >= 11 is 0. The highest BCUT2D eigenvalue weighted by Gasteiger charge is 2.09. The van der Waals surface area contributed by atoms with E-state index in [0.717, 1.165) is 37.2 Å². The van der Waals surface area contributed by atoms with E-state index in [0.29, 0.717) is 24.5 Å². The molecule has 0 bridgehead atoms. The molecule has 174 valence electrons. The fourth-order valence-electron chi connectivity index (χ4n) is 3.29. The topological polar surface area (TPSA) is 44.8 Å². The molecule has 0 aliphatic rings. The second-order valence-electron chi connectivity index (χ2n) is 7.99. The number of hydrogen-bond acceptors (Lipinski definition) is 4. The van der Waals surface area contributed by atoms with Gasteiger partial charge in [0.05, 0.1) is 18.8 Å². The first-order valence-corrected chi connectivity index (χ1v) is 12.0. The van der Waals surface area contributed by atoms with Crippen LogP contribution in [0.15, 0.2) is 61.2 Å². The van der Waals surface area contributed by atoms with Crippen molar-refractivity contribution >= 4 is 5.97 Å². The maximum absolute atomic E-state index is 12.4. The van der Waals surface area contributed by atoms with Gasteiger partial charge in [-0.15, -0.1) is 6.58 Å². The Morgan fingerprint density at radius 3 is 1.78 bits per heavy atom. The van der Waals surface area contributed by atoms with Crippen LogP contribution in [0.4, 0.5) is 0 Å². The van der Waals surface area contributed by atoms with Gasteiger partial charge in [-0.2, -0.15) is 0 Å². The molecule has 0 unspecified atom stereocenters. The largest absolute Gasteiger partial charge is 0.494 e. The second-order valence-corrected chi connectivity index (χ2v) is 7.99. The summed E-state index contributed by atoms with van der Waals surface area (Å²) in [5.74, 6) is 1.68. The van der Waals surface area contributed by atoms with E-state index in [2.05, 4.69) is 13.5 Å². The number of ether oxygens (including phenoxy) is 3. The molecule has 4 nitrogen and oxygen atoms in total. The summed E-state index contributed by atoms with van der Waals surface area (Å²) in [5, 5.41) is 0. The smallest absolute Gasteiger partial charge is 0.343 e. The van der Waals surface area contributed by atoms with Crippen LogP contribution in [0.25, 0.3) is 0 Å². The lowest BCUT2D eigenvalue weighted by Crippen LogP contribution is -2.08. The minimum Gasteiger partial charge on any atom is -0.494 e. The van der Waals surface area contributed by atoms with Crippen LogP contribution in [-0.4, -0.2) is 19.2 Å². The summed E-state index contributed by atoms with van der Waals surface area (Å²) in [6, 6.07) is 14.3. The third-order valence-electron chi connectivity index (χ3n) is 5.21. The predicted octanol–water partition coefficient (Wildman–Crippen LogP) is 7.77. The first kappa shape index (κ1) is 25.5. The van der Waals surface area contributed by atoms with Crippen LogP contribution in [0, 0.1) is 0 Å². The average molecular weight is 439 g/mol. The average Bonchev–Trinajstić information content (AvgIpc) is 2.82. The zero-order chi connectivity index (χ0) is 22.9. The van der Waals surface area contributed by atoms with E-state index in [4.69, 9.17) is 14.2 Å². The number of esters is 1. The number of benzene rings is 2. The Balaban J connectivity index is 1.68. The highest BCUT2D eigenvalue weighted by atomic mass is 16.5. The first-order valence-electron chi connectivity index (χ1n) is 12.0. The molecule has 0 N–H and O–H groups in total. The van der Waals surface area contributed by atoms with E-state index in [9.17, 15) is 4.79 Å². The highest BCUT2D eigenvalue weighted by molar-refractivity contribution is 5.91. The number of rotatable bonds is 17. The Bertz CT molecular complexity index is 765. The van der Waals surface area contributed by atoms with E-state index >= 15 is 0 Å². The van der Waals surface area contributed by atoms with Crippen LogP contribution >= 0.6 is 0 Å². The standard InChI is InChI=1S/C28H38O4/c1-3-5-7-9-11-13-23-31-26-18-20-27(21-19-26)32-28(29)24-14-16-25(17-15-24)30-22-12-10-8-6-4-2/h3,14-21H,1,4-13,22-23H2,2H3. The van der Waals surface area contributed by atoms with Gasteiger partial charge in [0, 0.05) is 0 Å². The Hall–Kier alpha value is -2.75. The van der Waals surface area contributed by atoms with Crippen molar-refractivity contribution in [3.63, 3.8) is 0 Å². The molecule has 0 heterocycles. The molecule has 0 saturated carbocycles. The van der Waals surface area contributed by atoms with Gasteiger partial charge in [-0.05, 0) is 74.2 Å². The van der Waals surface area contributed by atoms with Gasteiger partial charge in [0.1, 0.15) is 17.2 Å². The number of unbranched alkanes of at least 4 members (excludes halogenated alkanes) is 8. The molecule has 2 rings (SSSR count). The Labute approximate surface area is 193 Å². The molecular formula is C28H38O4. The van der Waals surface area contributed by atoms with Crippen LogP contribution in [0.5, 0.6) is 17.2 Å². The summed E-state index contributed by atoms with van der Waals surface area (Å²) in [6.45, 7) is 7.35. The molecule has 0 aromatic heterocycles. The minimum atomic E-state index is -0.385. The Morgan fingerprint density at radius 1 is 0.719 bits per heavy atom. The quantitative estimate of drug-likeness (QED) is 0.109. The maximum Gasteiger partial charge on any atom is 0.343 e. The summed E-state index contributed by atoms with van der Waals surface area (Å²) in [6.07, 6.45) is 13.7. The molecule has 0 aliphatic carbocycles. The van der Waals surface area contributed by atoms with Crippen molar-refractivity contribution in [3.8, 4) is 17.2 Å². The van der Waals surface area contributed by atoms with Gasteiger partial charge in [0.2, 0.25) is 0 Å². The molecule has 2 aromatic rings. The van der Waals surface area contributed by atoms with Gasteiger partial charge in [0.15, 0.2) is 0 Å². The fraction of sp³-hybridized carbons (Fsp3) is 0.464. The van der Waals surface area contributed by atoms with Crippen molar-refractivity contribution in [2.45, 2.75) is 71.1 Å². The van der Waals surface area contributed by atoms with E-state index in [1.807, 2.05) is 30.3 Å². The maximum atomic E-state index is 12.4. The molecular weight excluding hydrogens is 400 g/mol. The molecule has 0 atom stereocenters. The lowest BCUT2D eigenvalue weighted by atomic mass is 10.1. The van der Waals surface area contributed by atoms with Crippen molar-refractivity contribution in [1.82, 2.24) is 0 Å². The second kappa shape index (κ2) is 16.0. The highest BCUT2D eigenvalue weighted by Crippen LogP contribution is 2.20. The number of carbonyl (C=O) groups is 1. The van der Waals surface area contributed by atoms with E-state index < -0.39 is 0 Å². The summed E-state index contributed by atoms with van der Waals surface area (Å²) in [7, 11) is 0. The van der Waals surface area contributed by atoms with Gasteiger partial charge < -0.3 is 14.2 Å². The van der Waals surface area contributed by atoms with Gasteiger partial charge >= 0.3 is 5.97 Å². The fourth-order valence-corrected chi connectivity index (χ4v) is 3.29. The van der Waals surface area contributed by atoms with Crippen molar-refractivity contribution in [1.29, 1.82) is 0 Å². The monoisotopic (exact) mass is 438 g/mol. The third-order valence-corrected chi connectivity index (χ3v) is 5.21. The summed E-state index contributed by atoms with van der Waals surface area (Å²) in [5.41, 5.74) is 0.497. The molecule has 2 aromatic carbocycles. The van der Waals surface area contributed by atoms with Gasteiger partial charge in [-0.25, -0.2) is 4.79 Å². The van der Waals surface area contributed by atoms with Crippen molar-refractivity contribution < 1.29 is 19.0 Å². The lowest BCUT2D eigenvalue weighted by molar-refractivity contribution is 0.0734.